The zero-order chi connectivity index (χ0) is 17.2. The first-order valence-electron chi connectivity index (χ1n) is 8.13. The average Bonchev–Trinajstić information content (AvgIpc) is 3.02. The number of piperazine rings is 1. The van der Waals surface area contributed by atoms with Gasteiger partial charge < -0.3 is 9.32 Å². The van der Waals surface area contributed by atoms with E-state index >= 15 is 0 Å². The summed E-state index contributed by atoms with van der Waals surface area (Å²) >= 11 is 0. The van der Waals surface area contributed by atoms with E-state index < -0.39 is 10.0 Å². The predicted octanol–water partition coefficient (Wildman–Crippen LogP) is 1.81. The van der Waals surface area contributed by atoms with E-state index in [9.17, 15) is 8.42 Å². The second kappa shape index (κ2) is 6.96. The Morgan fingerprint density at radius 2 is 1.62 bits per heavy atom. The van der Waals surface area contributed by atoms with E-state index in [1.807, 2.05) is 18.2 Å². The maximum absolute atomic E-state index is 11.3. The average molecular weight is 349 g/mol. The van der Waals surface area contributed by atoms with Crippen LogP contribution < -0.4 is 10.0 Å². The number of rotatable bonds is 5. The van der Waals surface area contributed by atoms with Crippen LogP contribution in [0.15, 0.2) is 45.7 Å². The molecule has 130 valence electrons. The van der Waals surface area contributed by atoms with Gasteiger partial charge in [-0.2, -0.15) is 0 Å². The lowest BCUT2D eigenvalue weighted by Crippen LogP contribution is -2.45. The van der Waals surface area contributed by atoms with Gasteiger partial charge in [-0.25, -0.2) is 13.6 Å². The fourth-order valence-electron chi connectivity index (χ4n) is 2.93. The van der Waals surface area contributed by atoms with Crippen molar-refractivity contribution in [3.8, 4) is 0 Å². The molecule has 1 aromatic carbocycles. The molecule has 1 fully saturated rings. The van der Waals surface area contributed by atoms with E-state index in [1.165, 1.54) is 0 Å². The minimum absolute atomic E-state index is 0.148. The highest BCUT2D eigenvalue weighted by molar-refractivity contribution is 7.89. The SMILES string of the molecule is CCc1ccc(CN2CCN(c3ccc(S(N)(=O)=O)cc3)CC2)o1. The Morgan fingerprint density at radius 3 is 2.17 bits per heavy atom. The fourth-order valence-corrected chi connectivity index (χ4v) is 3.44. The van der Waals surface area contributed by atoms with Crippen LogP contribution in [0, 0.1) is 0 Å². The molecular weight excluding hydrogens is 326 g/mol. The summed E-state index contributed by atoms with van der Waals surface area (Å²) < 4.78 is 28.4. The van der Waals surface area contributed by atoms with Gasteiger partial charge in [0, 0.05) is 38.3 Å². The minimum Gasteiger partial charge on any atom is -0.465 e. The normalized spacial score (nSPS) is 16.5. The number of nitrogens with zero attached hydrogens (tertiary/aromatic N) is 2. The van der Waals surface area contributed by atoms with Gasteiger partial charge in [0.2, 0.25) is 10.0 Å². The first kappa shape index (κ1) is 17.0. The summed E-state index contributed by atoms with van der Waals surface area (Å²) in [7, 11) is -3.63. The van der Waals surface area contributed by atoms with E-state index in [1.54, 1.807) is 12.1 Å². The fraction of sp³-hybridized carbons (Fsp3) is 0.412. The van der Waals surface area contributed by atoms with Gasteiger partial charge in [0.1, 0.15) is 11.5 Å². The molecule has 0 bridgehead atoms. The monoisotopic (exact) mass is 349 g/mol. The summed E-state index contributed by atoms with van der Waals surface area (Å²) in [5, 5.41) is 5.13. The summed E-state index contributed by atoms with van der Waals surface area (Å²) in [5.41, 5.74) is 1.02. The predicted molar refractivity (Wildman–Crippen MR) is 93.4 cm³/mol. The van der Waals surface area contributed by atoms with Crippen molar-refractivity contribution in [3.05, 3.63) is 47.9 Å². The van der Waals surface area contributed by atoms with E-state index in [4.69, 9.17) is 9.56 Å². The molecule has 24 heavy (non-hydrogen) atoms. The molecule has 0 spiro atoms. The minimum atomic E-state index is -3.63. The highest BCUT2D eigenvalue weighted by Crippen LogP contribution is 2.20. The van der Waals surface area contributed by atoms with Crippen molar-refractivity contribution in [2.45, 2.75) is 24.8 Å². The Labute approximate surface area is 142 Å². The maximum Gasteiger partial charge on any atom is 0.238 e. The van der Waals surface area contributed by atoms with E-state index in [-0.39, 0.29) is 4.90 Å². The van der Waals surface area contributed by atoms with Crippen molar-refractivity contribution in [2.24, 2.45) is 5.14 Å². The van der Waals surface area contributed by atoms with Crippen LogP contribution in [-0.2, 0) is 23.0 Å². The van der Waals surface area contributed by atoms with Gasteiger partial charge in [-0.3, -0.25) is 4.90 Å². The Kier molecular flexibility index (Phi) is 4.93. The molecule has 1 aliphatic rings. The van der Waals surface area contributed by atoms with Gasteiger partial charge in [-0.15, -0.1) is 0 Å². The highest BCUT2D eigenvalue weighted by Gasteiger charge is 2.19. The van der Waals surface area contributed by atoms with Crippen LogP contribution in [0.25, 0.3) is 0 Å². The number of aryl methyl sites for hydroxylation is 1. The van der Waals surface area contributed by atoms with Crippen LogP contribution in [0.4, 0.5) is 5.69 Å². The molecule has 1 saturated heterocycles. The third kappa shape index (κ3) is 3.98. The summed E-state index contributed by atoms with van der Waals surface area (Å²) in [6.45, 7) is 6.60. The molecule has 2 aromatic rings. The molecule has 2 N–H and O–H groups in total. The maximum atomic E-state index is 11.3. The lowest BCUT2D eigenvalue weighted by Gasteiger charge is -2.35. The zero-order valence-electron chi connectivity index (χ0n) is 13.8. The number of furan rings is 1. The molecule has 6 nitrogen and oxygen atoms in total. The molecule has 1 aliphatic heterocycles. The molecule has 0 radical (unpaired) electrons. The van der Waals surface area contributed by atoms with Crippen molar-refractivity contribution in [2.75, 3.05) is 31.1 Å². The van der Waals surface area contributed by atoms with Crippen molar-refractivity contribution < 1.29 is 12.8 Å². The second-order valence-electron chi connectivity index (χ2n) is 6.02. The number of anilines is 1. The van der Waals surface area contributed by atoms with Crippen LogP contribution in [0.1, 0.15) is 18.4 Å². The van der Waals surface area contributed by atoms with Crippen molar-refractivity contribution in [1.82, 2.24) is 4.90 Å². The topological polar surface area (TPSA) is 79.8 Å². The van der Waals surface area contributed by atoms with Gasteiger partial charge in [-0.05, 0) is 36.4 Å². The first-order chi connectivity index (χ1) is 11.5. The third-order valence-corrected chi connectivity index (χ3v) is 5.28. The molecule has 1 aromatic heterocycles. The third-order valence-electron chi connectivity index (χ3n) is 4.35. The number of hydrogen-bond donors (Lipinski definition) is 1. The summed E-state index contributed by atoms with van der Waals surface area (Å²) in [6.07, 6.45) is 0.919. The van der Waals surface area contributed by atoms with E-state index in [0.29, 0.717) is 0 Å². The molecule has 0 aliphatic carbocycles. The van der Waals surface area contributed by atoms with E-state index in [0.717, 1.165) is 56.4 Å². The summed E-state index contributed by atoms with van der Waals surface area (Å²) in [4.78, 5) is 4.77. The number of hydrogen-bond acceptors (Lipinski definition) is 5. The summed E-state index contributed by atoms with van der Waals surface area (Å²) in [6, 6.07) is 10.8. The van der Waals surface area contributed by atoms with Crippen molar-refractivity contribution in [3.63, 3.8) is 0 Å². The number of primary sulfonamides is 1. The second-order valence-corrected chi connectivity index (χ2v) is 7.59. The largest absolute Gasteiger partial charge is 0.465 e. The zero-order valence-corrected chi connectivity index (χ0v) is 14.6. The van der Waals surface area contributed by atoms with Crippen molar-refractivity contribution >= 4 is 15.7 Å². The molecule has 0 saturated carbocycles. The Bertz CT molecular complexity index is 776. The molecule has 0 atom stereocenters. The Balaban J connectivity index is 1.56. The molecule has 0 amide bonds. The quantitative estimate of drug-likeness (QED) is 0.890. The number of sulfonamides is 1. The highest BCUT2D eigenvalue weighted by atomic mass is 32.2. The van der Waals surface area contributed by atoms with Gasteiger partial charge in [0.15, 0.2) is 0 Å². The summed E-state index contributed by atoms with van der Waals surface area (Å²) in [5.74, 6) is 2.04. The Hall–Kier alpha value is -1.83. The van der Waals surface area contributed by atoms with E-state index in [2.05, 4.69) is 22.8 Å². The van der Waals surface area contributed by atoms with Crippen LogP contribution >= 0.6 is 0 Å². The molecular formula is C17H23N3O3S. The van der Waals surface area contributed by atoms with Gasteiger partial charge in [0.05, 0.1) is 11.4 Å². The van der Waals surface area contributed by atoms with Crippen molar-refractivity contribution in [1.29, 1.82) is 0 Å². The van der Waals surface area contributed by atoms with Crippen LogP contribution in [-0.4, -0.2) is 39.5 Å². The smallest absolute Gasteiger partial charge is 0.238 e. The lowest BCUT2D eigenvalue weighted by atomic mass is 10.2. The number of nitrogens with two attached hydrogens (primary N) is 1. The van der Waals surface area contributed by atoms with Crippen LogP contribution in [0.2, 0.25) is 0 Å². The van der Waals surface area contributed by atoms with Crippen LogP contribution in [0.3, 0.4) is 0 Å². The standard InChI is InChI=1S/C17H23N3O3S/c1-2-15-5-6-16(23-15)13-19-9-11-20(12-10-19)14-3-7-17(8-4-14)24(18,21)22/h3-8H,2,9-13H2,1H3,(H2,18,21,22). The molecule has 2 heterocycles. The molecule has 0 unspecified atom stereocenters. The molecule has 3 rings (SSSR count). The van der Waals surface area contributed by atoms with Gasteiger partial charge in [0.25, 0.3) is 0 Å². The first-order valence-corrected chi connectivity index (χ1v) is 9.68. The van der Waals surface area contributed by atoms with Crippen LogP contribution in [0.5, 0.6) is 0 Å². The van der Waals surface area contributed by atoms with Gasteiger partial charge >= 0.3 is 0 Å². The van der Waals surface area contributed by atoms with Gasteiger partial charge in [-0.1, -0.05) is 6.92 Å². The lowest BCUT2D eigenvalue weighted by molar-refractivity contribution is 0.228. The Morgan fingerprint density at radius 1 is 1.00 bits per heavy atom. The number of benzene rings is 1. The molecule has 7 heteroatoms.